The van der Waals surface area contributed by atoms with Gasteiger partial charge in [0.2, 0.25) is 0 Å². The summed E-state index contributed by atoms with van der Waals surface area (Å²) in [5.41, 5.74) is 1.01. The molecular weight excluding hydrogens is 320 g/mol. The van der Waals surface area contributed by atoms with Gasteiger partial charge in [-0.05, 0) is 30.2 Å². The van der Waals surface area contributed by atoms with E-state index in [0.29, 0.717) is 18.5 Å². The number of pyridine rings is 1. The number of ether oxygens (including phenoxy) is 2. The molecule has 1 unspecified atom stereocenters. The van der Waals surface area contributed by atoms with E-state index in [2.05, 4.69) is 10.3 Å². The Bertz CT molecular complexity index is 840. The summed E-state index contributed by atoms with van der Waals surface area (Å²) in [7, 11) is 1.43. The molecule has 2 heterocycles. The van der Waals surface area contributed by atoms with Crippen LogP contribution in [0.25, 0.3) is 10.9 Å². The van der Waals surface area contributed by atoms with Crippen molar-refractivity contribution >= 4 is 22.8 Å². The smallest absolute Gasteiger partial charge is 0.342 e. The second-order valence-electron chi connectivity index (χ2n) is 5.91. The van der Waals surface area contributed by atoms with Crippen LogP contribution in [0.3, 0.4) is 0 Å². The summed E-state index contributed by atoms with van der Waals surface area (Å²) in [5.74, 6) is -0.747. The second kappa shape index (κ2) is 7.03. The number of carbonyl (C=O) groups is 2. The molecule has 6 nitrogen and oxygen atoms in total. The third-order valence-electron chi connectivity index (χ3n) is 4.39. The molecule has 130 valence electrons. The third-order valence-corrected chi connectivity index (χ3v) is 4.39. The van der Waals surface area contributed by atoms with Crippen molar-refractivity contribution in [3.63, 3.8) is 0 Å². The molecule has 0 aliphatic carbocycles. The van der Waals surface area contributed by atoms with Gasteiger partial charge in [0.1, 0.15) is 6.61 Å². The molecule has 1 aliphatic rings. The Morgan fingerprint density at radius 3 is 2.96 bits per heavy atom. The van der Waals surface area contributed by atoms with Gasteiger partial charge in [-0.2, -0.15) is 0 Å². The van der Waals surface area contributed by atoms with Crippen molar-refractivity contribution in [2.45, 2.75) is 25.5 Å². The Kier molecular flexibility index (Phi) is 4.81. The molecule has 25 heavy (non-hydrogen) atoms. The zero-order valence-corrected chi connectivity index (χ0v) is 14.2. The first kappa shape index (κ1) is 17.1. The summed E-state index contributed by atoms with van der Waals surface area (Å²) in [5, 5.41) is 3.86. The molecule has 0 bridgehead atoms. The van der Waals surface area contributed by atoms with Crippen molar-refractivity contribution in [2.75, 3.05) is 13.7 Å². The third kappa shape index (κ3) is 3.39. The van der Waals surface area contributed by atoms with Crippen molar-refractivity contribution in [3.8, 4) is 0 Å². The van der Waals surface area contributed by atoms with E-state index in [1.807, 2.05) is 37.3 Å². The van der Waals surface area contributed by atoms with E-state index in [4.69, 9.17) is 9.47 Å². The fourth-order valence-electron chi connectivity index (χ4n) is 2.82. The van der Waals surface area contributed by atoms with Crippen LogP contribution in [0.1, 0.15) is 18.9 Å². The van der Waals surface area contributed by atoms with E-state index in [-0.39, 0.29) is 12.5 Å². The zero-order valence-electron chi connectivity index (χ0n) is 14.2. The molecule has 2 aromatic rings. The number of para-hydroxylation sites is 1. The number of hydrogen-bond acceptors (Lipinski definition) is 5. The number of nitrogens with zero attached hydrogens (tertiary/aromatic N) is 1. The summed E-state index contributed by atoms with van der Waals surface area (Å²) in [6.45, 7) is 2.10. The quantitative estimate of drug-likeness (QED) is 0.844. The number of nitrogens with one attached hydrogen (secondary N) is 1. The monoisotopic (exact) mass is 340 g/mol. The van der Waals surface area contributed by atoms with E-state index >= 15 is 0 Å². The fraction of sp³-hybridized carbons (Fsp3) is 0.316. The Morgan fingerprint density at radius 2 is 2.20 bits per heavy atom. The molecule has 1 aromatic heterocycles. The Hall–Kier alpha value is -2.73. The van der Waals surface area contributed by atoms with E-state index in [0.717, 1.165) is 16.5 Å². The number of benzene rings is 1. The number of fused-ring (bicyclic) bond motifs is 1. The highest BCUT2D eigenvalue weighted by Gasteiger charge is 2.41. The molecule has 0 fully saturated rings. The lowest BCUT2D eigenvalue weighted by molar-refractivity contribution is -0.165. The van der Waals surface area contributed by atoms with Gasteiger partial charge < -0.3 is 14.8 Å². The molecular formula is C19H20N2O4. The number of rotatable bonds is 5. The number of carbonyl (C=O) groups excluding carboxylic acids is 2. The van der Waals surface area contributed by atoms with Gasteiger partial charge in [0.05, 0.1) is 11.1 Å². The second-order valence-corrected chi connectivity index (χ2v) is 5.91. The molecule has 1 atom stereocenters. The predicted octanol–water partition coefficient (Wildman–Crippen LogP) is 2.13. The largest absolute Gasteiger partial charge is 0.458 e. The molecule has 1 aromatic carbocycles. The SMILES string of the molecule is CCC1(OC)C=C(C(=O)NCc2cnc3ccccc3c2)COC1=O. The maximum absolute atomic E-state index is 12.4. The molecule has 6 heteroatoms. The molecule has 0 saturated carbocycles. The topological polar surface area (TPSA) is 77.5 Å². The Labute approximate surface area is 145 Å². The molecule has 0 saturated heterocycles. The summed E-state index contributed by atoms with van der Waals surface area (Å²) >= 11 is 0. The van der Waals surface area contributed by atoms with Gasteiger partial charge in [-0.1, -0.05) is 25.1 Å². The lowest BCUT2D eigenvalue weighted by atomic mass is 9.95. The van der Waals surface area contributed by atoms with Crippen LogP contribution in [0, 0.1) is 0 Å². The van der Waals surface area contributed by atoms with Crippen LogP contribution in [-0.4, -0.2) is 36.2 Å². The van der Waals surface area contributed by atoms with Gasteiger partial charge >= 0.3 is 5.97 Å². The highest BCUT2D eigenvalue weighted by molar-refractivity contribution is 5.97. The first-order valence-electron chi connectivity index (χ1n) is 8.14. The first-order valence-corrected chi connectivity index (χ1v) is 8.14. The van der Waals surface area contributed by atoms with Crippen LogP contribution in [0.15, 0.2) is 48.2 Å². The number of cyclic esters (lactones) is 1. The predicted molar refractivity (Wildman–Crippen MR) is 92.7 cm³/mol. The summed E-state index contributed by atoms with van der Waals surface area (Å²) in [6, 6.07) is 9.79. The van der Waals surface area contributed by atoms with Gasteiger partial charge in [-0.15, -0.1) is 0 Å². The Morgan fingerprint density at radius 1 is 1.40 bits per heavy atom. The fourth-order valence-corrected chi connectivity index (χ4v) is 2.82. The minimum atomic E-state index is -1.19. The van der Waals surface area contributed by atoms with Crippen LogP contribution in [-0.2, 0) is 25.6 Å². The number of methoxy groups -OCH3 is 1. The van der Waals surface area contributed by atoms with Crippen LogP contribution < -0.4 is 5.32 Å². The molecule has 1 aliphatic heterocycles. The van der Waals surface area contributed by atoms with Crippen molar-refractivity contribution in [1.82, 2.24) is 10.3 Å². The minimum Gasteiger partial charge on any atom is -0.458 e. The zero-order chi connectivity index (χ0) is 17.9. The summed E-state index contributed by atoms with van der Waals surface area (Å²) in [4.78, 5) is 28.7. The van der Waals surface area contributed by atoms with Crippen LogP contribution in [0.2, 0.25) is 0 Å². The normalized spacial score (nSPS) is 20.1. The van der Waals surface area contributed by atoms with Gasteiger partial charge in [0, 0.05) is 25.2 Å². The van der Waals surface area contributed by atoms with Crippen molar-refractivity contribution < 1.29 is 19.1 Å². The van der Waals surface area contributed by atoms with E-state index in [1.54, 1.807) is 12.3 Å². The van der Waals surface area contributed by atoms with Gasteiger partial charge in [-0.3, -0.25) is 9.78 Å². The highest BCUT2D eigenvalue weighted by atomic mass is 16.6. The number of amides is 1. The summed E-state index contributed by atoms with van der Waals surface area (Å²) < 4.78 is 10.4. The van der Waals surface area contributed by atoms with Crippen molar-refractivity contribution in [2.24, 2.45) is 0 Å². The maximum atomic E-state index is 12.4. The number of esters is 1. The van der Waals surface area contributed by atoms with Crippen molar-refractivity contribution in [1.29, 1.82) is 0 Å². The van der Waals surface area contributed by atoms with E-state index < -0.39 is 11.6 Å². The summed E-state index contributed by atoms with van der Waals surface area (Å²) in [6.07, 6.45) is 3.70. The first-order chi connectivity index (χ1) is 12.1. The minimum absolute atomic E-state index is 0.0499. The van der Waals surface area contributed by atoms with E-state index in [1.165, 1.54) is 7.11 Å². The van der Waals surface area contributed by atoms with Crippen LogP contribution in [0.4, 0.5) is 0 Å². The molecule has 1 amide bonds. The van der Waals surface area contributed by atoms with E-state index in [9.17, 15) is 9.59 Å². The maximum Gasteiger partial charge on any atom is 0.342 e. The van der Waals surface area contributed by atoms with Gasteiger partial charge in [-0.25, -0.2) is 4.79 Å². The number of aromatic nitrogens is 1. The highest BCUT2D eigenvalue weighted by Crippen LogP contribution is 2.25. The van der Waals surface area contributed by atoms with Gasteiger partial charge in [0.25, 0.3) is 5.91 Å². The molecule has 1 N–H and O–H groups in total. The molecule has 0 radical (unpaired) electrons. The van der Waals surface area contributed by atoms with Crippen molar-refractivity contribution in [3.05, 3.63) is 53.7 Å². The average molecular weight is 340 g/mol. The van der Waals surface area contributed by atoms with Crippen LogP contribution >= 0.6 is 0 Å². The molecule has 0 spiro atoms. The Balaban J connectivity index is 1.72. The van der Waals surface area contributed by atoms with Crippen LogP contribution in [0.5, 0.6) is 0 Å². The van der Waals surface area contributed by atoms with Gasteiger partial charge in [0.15, 0.2) is 5.60 Å². The lowest BCUT2D eigenvalue weighted by Gasteiger charge is -2.30. The number of hydrogen-bond donors (Lipinski definition) is 1. The average Bonchev–Trinajstić information content (AvgIpc) is 2.66. The standard InChI is InChI=1S/C19H20N2O4/c1-3-19(24-2)9-15(12-25-18(19)23)17(22)21-11-13-8-14-6-4-5-7-16(14)20-10-13/h4-10H,3,11-12H2,1-2H3,(H,21,22). The lowest BCUT2D eigenvalue weighted by Crippen LogP contribution is -2.45. The molecule has 3 rings (SSSR count).